The van der Waals surface area contributed by atoms with E-state index >= 15 is 0 Å². The smallest absolute Gasteiger partial charge is 0.335 e. The van der Waals surface area contributed by atoms with E-state index < -0.39 is 5.97 Å². The SMILES string of the molecule is Cc1ccc(Nc2c(-c3ccc(C(=O)O)cc3)nc3c(C#N)c[nH]n23)c(C)c1. The van der Waals surface area contributed by atoms with Crippen LogP contribution in [0.25, 0.3) is 16.9 Å². The summed E-state index contributed by atoms with van der Waals surface area (Å²) in [6.07, 6.45) is 1.60. The zero-order chi connectivity index (χ0) is 19.8. The van der Waals surface area contributed by atoms with Gasteiger partial charge >= 0.3 is 5.97 Å². The molecule has 0 aliphatic rings. The highest BCUT2D eigenvalue weighted by Gasteiger charge is 2.19. The average molecular weight is 371 g/mol. The van der Waals surface area contributed by atoms with Crippen LogP contribution in [0.1, 0.15) is 27.0 Å². The molecule has 2 aromatic carbocycles. The molecule has 0 radical (unpaired) electrons. The number of aryl methyl sites for hydroxylation is 2. The summed E-state index contributed by atoms with van der Waals surface area (Å²) in [7, 11) is 0. The van der Waals surface area contributed by atoms with Crippen molar-refractivity contribution in [1.29, 1.82) is 5.26 Å². The Kier molecular flexibility index (Phi) is 4.09. The number of nitrogens with zero attached hydrogens (tertiary/aromatic N) is 3. The molecule has 4 aromatic rings. The fourth-order valence-electron chi connectivity index (χ4n) is 3.17. The lowest BCUT2D eigenvalue weighted by atomic mass is 10.1. The lowest BCUT2D eigenvalue weighted by Crippen LogP contribution is -2.00. The predicted molar refractivity (Wildman–Crippen MR) is 106 cm³/mol. The predicted octanol–water partition coefficient (Wildman–Crippen LogP) is 4.26. The maximum absolute atomic E-state index is 11.1. The molecule has 0 unspecified atom stereocenters. The molecule has 0 bridgehead atoms. The van der Waals surface area contributed by atoms with Gasteiger partial charge in [0.2, 0.25) is 0 Å². The van der Waals surface area contributed by atoms with E-state index in [-0.39, 0.29) is 5.56 Å². The van der Waals surface area contributed by atoms with Gasteiger partial charge in [-0.15, -0.1) is 0 Å². The molecule has 28 heavy (non-hydrogen) atoms. The molecule has 7 nitrogen and oxygen atoms in total. The molecule has 0 fully saturated rings. The van der Waals surface area contributed by atoms with Gasteiger partial charge in [0.25, 0.3) is 0 Å². The second-order valence-electron chi connectivity index (χ2n) is 6.59. The summed E-state index contributed by atoms with van der Waals surface area (Å²) in [6.45, 7) is 4.05. The number of hydrogen-bond donors (Lipinski definition) is 3. The lowest BCUT2D eigenvalue weighted by Gasteiger charge is -2.11. The highest BCUT2D eigenvalue weighted by molar-refractivity contribution is 5.89. The third-order valence-electron chi connectivity index (χ3n) is 4.62. The first kappa shape index (κ1) is 17.4. The fourth-order valence-corrected chi connectivity index (χ4v) is 3.17. The van der Waals surface area contributed by atoms with Crippen molar-refractivity contribution in [1.82, 2.24) is 14.6 Å². The standard InChI is InChI=1S/C21H17N5O2/c1-12-3-8-17(13(2)9-12)24-20-18(14-4-6-15(7-5-14)21(27)28)25-19-16(10-22)11-23-26(19)20/h3-9,11,23-24H,1-2H3,(H,27,28). The monoisotopic (exact) mass is 371 g/mol. The van der Waals surface area contributed by atoms with Crippen molar-refractivity contribution in [2.45, 2.75) is 13.8 Å². The molecular weight excluding hydrogens is 354 g/mol. The quantitative estimate of drug-likeness (QED) is 0.497. The summed E-state index contributed by atoms with van der Waals surface area (Å²) in [6, 6.07) is 14.7. The number of carboxylic acid groups (broad SMARTS) is 1. The van der Waals surface area contributed by atoms with Crippen LogP contribution in [0.3, 0.4) is 0 Å². The number of nitriles is 1. The van der Waals surface area contributed by atoms with Crippen molar-refractivity contribution >= 4 is 23.1 Å². The molecule has 0 spiro atoms. The van der Waals surface area contributed by atoms with Crippen molar-refractivity contribution < 1.29 is 9.90 Å². The number of anilines is 2. The average Bonchev–Trinajstić information content (AvgIpc) is 3.23. The van der Waals surface area contributed by atoms with Crippen LogP contribution in [0.2, 0.25) is 0 Å². The van der Waals surface area contributed by atoms with Crippen molar-refractivity contribution in [2.24, 2.45) is 0 Å². The molecule has 0 aliphatic carbocycles. The third kappa shape index (κ3) is 2.87. The molecule has 0 aliphatic heterocycles. The summed E-state index contributed by atoms with van der Waals surface area (Å²) in [4.78, 5) is 15.8. The number of aromatic nitrogens is 3. The van der Waals surface area contributed by atoms with E-state index in [0.29, 0.717) is 22.7 Å². The summed E-state index contributed by atoms with van der Waals surface area (Å²) in [5.74, 6) is -0.310. The van der Waals surface area contributed by atoms with E-state index in [1.165, 1.54) is 12.1 Å². The number of nitrogens with one attached hydrogen (secondary N) is 2. The first-order valence-electron chi connectivity index (χ1n) is 8.66. The van der Waals surface area contributed by atoms with Crippen molar-refractivity contribution in [2.75, 3.05) is 5.32 Å². The maximum atomic E-state index is 11.1. The van der Waals surface area contributed by atoms with Gasteiger partial charge in [-0.1, -0.05) is 29.8 Å². The first-order chi connectivity index (χ1) is 13.5. The van der Waals surface area contributed by atoms with Crippen LogP contribution in [-0.2, 0) is 0 Å². The Morgan fingerprint density at radius 3 is 2.61 bits per heavy atom. The molecule has 4 rings (SSSR count). The molecule has 0 amide bonds. The van der Waals surface area contributed by atoms with Crippen LogP contribution >= 0.6 is 0 Å². The van der Waals surface area contributed by atoms with Gasteiger partial charge in [-0.25, -0.2) is 14.3 Å². The number of carbonyl (C=O) groups is 1. The van der Waals surface area contributed by atoms with Gasteiger partial charge in [0.05, 0.1) is 5.56 Å². The van der Waals surface area contributed by atoms with Crippen molar-refractivity contribution in [3.8, 4) is 17.3 Å². The summed E-state index contributed by atoms with van der Waals surface area (Å²) < 4.78 is 1.72. The summed E-state index contributed by atoms with van der Waals surface area (Å²) in [5.41, 5.74) is 5.67. The van der Waals surface area contributed by atoms with Gasteiger partial charge in [-0.2, -0.15) is 5.26 Å². The second kappa shape index (κ2) is 6.59. The Labute approximate surface area is 160 Å². The van der Waals surface area contributed by atoms with Gasteiger partial charge in [0, 0.05) is 17.4 Å². The molecule has 7 heteroatoms. The van der Waals surface area contributed by atoms with E-state index in [4.69, 9.17) is 5.11 Å². The van der Waals surface area contributed by atoms with Crippen LogP contribution < -0.4 is 5.32 Å². The number of fused-ring (bicyclic) bond motifs is 1. The van der Waals surface area contributed by atoms with Gasteiger partial charge in [0.1, 0.15) is 17.3 Å². The summed E-state index contributed by atoms with van der Waals surface area (Å²) >= 11 is 0. The van der Waals surface area contributed by atoms with Crippen LogP contribution in [0.4, 0.5) is 11.5 Å². The number of aromatic amines is 1. The molecule has 2 aromatic heterocycles. The Hall–Kier alpha value is -4.05. The van der Waals surface area contributed by atoms with E-state index in [1.54, 1.807) is 22.8 Å². The minimum absolute atomic E-state index is 0.204. The van der Waals surface area contributed by atoms with E-state index in [0.717, 1.165) is 22.4 Å². The number of imidazole rings is 1. The van der Waals surface area contributed by atoms with Gasteiger partial charge in [0.15, 0.2) is 11.5 Å². The molecule has 0 saturated heterocycles. The molecule has 2 heterocycles. The van der Waals surface area contributed by atoms with Crippen LogP contribution in [-0.4, -0.2) is 25.7 Å². The minimum atomic E-state index is -0.983. The number of benzene rings is 2. The Morgan fingerprint density at radius 2 is 1.96 bits per heavy atom. The van der Waals surface area contributed by atoms with Crippen molar-refractivity contribution in [3.05, 3.63) is 70.9 Å². The van der Waals surface area contributed by atoms with Crippen LogP contribution in [0.5, 0.6) is 0 Å². The van der Waals surface area contributed by atoms with E-state index in [1.807, 2.05) is 26.0 Å². The molecule has 0 saturated carbocycles. The summed E-state index contributed by atoms with van der Waals surface area (Å²) in [5, 5.41) is 24.9. The third-order valence-corrected chi connectivity index (χ3v) is 4.62. The molecular formula is C21H17N5O2. The second-order valence-corrected chi connectivity index (χ2v) is 6.59. The van der Waals surface area contributed by atoms with Gasteiger partial charge in [-0.3, -0.25) is 5.10 Å². The fraction of sp³-hybridized carbons (Fsp3) is 0.0952. The first-order valence-corrected chi connectivity index (χ1v) is 8.66. The zero-order valence-corrected chi connectivity index (χ0v) is 15.3. The maximum Gasteiger partial charge on any atom is 0.335 e. The van der Waals surface area contributed by atoms with Gasteiger partial charge in [-0.05, 0) is 37.6 Å². The van der Waals surface area contributed by atoms with E-state index in [2.05, 4.69) is 27.5 Å². The Balaban J connectivity index is 1.88. The van der Waals surface area contributed by atoms with E-state index in [9.17, 15) is 10.1 Å². The lowest BCUT2D eigenvalue weighted by molar-refractivity contribution is 0.0697. The zero-order valence-electron chi connectivity index (χ0n) is 15.3. The molecule has 3 N–H and O–H groups in total. The number of H-pyrrole nitrogens is 1. The van der Waals surface area contributed by atoms with Gasteiger partial charge < -0.3 is 10.4 Å². The number of carboxylic acids is 1. The number of hydrogen-bond acceptors (Lipinski definition) is 4. The Morgan fingerprint density at radius 1 is 1.21 bits per heavy atom. The largest absolute Gasteiger partial charge is 0.478 e. The molecule has 138 valence electrons. The highest BCUT2D eigenvalue weighted by Crippen LogP contribution is 2.33. The molecule has 0 atom stereocenters. The highest BCUT2D eigenvalue weighted by atomic mass is 16.4. The minimum Gasteiger partial charge on any atom is -0.478 e. The topological polar surface area (TPSA) is 106 Å². The Bertz CT molecular complexity index is 1240. The normalized spacial score (nSPS) is 10.8. The van der Waals surface area contributed by atoms with Crippen LogP contribution in [0, 0.1) is 25.2 Å². The number of rotatable bonds is 4. The number of aromatic carboxylic acids is 1. The van der Waals surface area contributed by atoms with Crippen LogP contribution in [0.15, 0.2) is 48.7 Å². The van der Waals surface area contributed by atoms with Crippen molar-refractivity contribution in [3.63, 3.8) is 0 Å².